The number of H-pyrrole nitrogens is 1. The first-order valence-corrected chi connectivity index (χ1v) is 7.73. The fraction of sp³-hybridized carbons (Fsp3) is 0.588. The minimum absolute atomic E-state index is 0.0573. The normalized spacial score (nSPS) is 11.2. The molecular weight excluding hydrogens is 294 g/mol. The molecule has 0 spiro atoms. The van der Waals surface area contributed by atoms with E-state index in [1.165, 1.54) is 0 Å². The molecule has 1 amide bonds. The number of nitrogens with one attached hydrogen (secondary N) is 1. The molecule has 0 fully saturated rings. The number of carbonyl (C=O) groups excluding carboxylic acids is 1. The molecule has 1 aromatic rings. The maximum Gasteiger partial charge on any atom is 0.266 e. The summed E-state index contributed by atoms with van der Waals surface area (Å²) in [5.41, 5.74) is 0.908. The lowest BCUT2D eigenvalue weighted by Crippen LogP contribution is -2.42. The van der Waals surface area contributed by atoms with E-state index in [9.17, 15) is 14.7 Å². The first-order valence-electron chi connectivity index (χ1n) is 7.73. The fourth-order valence-corrected chi connectivity index (χ4v) is 2.65. The average Bonchev–Trinajstić information content (AvgIpc) is 2.43. The summed E-state index contributed by atoms with van der Waals surface area (Å²) in [5.74, 6) is -0.0573. The van der Waals surface area contributed by atoms with Gasteiger partial charge in [0.1, 0.15) is 11.6 Å². The summed E-state index contributed by atoms with van der Waals surface area (Å²) in [5, 5.41) is 18.9. The fourth-order valence-electron chi connectivity index (χ4n) is 2.65. The maximum atomic E-state index is 12.3. The highest BCUT2D eigenvalue weighted by Gasteiger charge is 2.21. The van der Waals surface area contributed by atoms with Crippen molar-refractivity contribution in [2.45, 2.75) is 53.1 Å². The van der Waals surface area contributed by atoms with Crippen molar-refractivity contribution in [3.63, 3.8) is 0 Å². The van der Waals surface area contributed by atoms with Crippen LogP contribution >= 0.6 is 0 Å². The van der Waals surface area contributed by atoms with Crippen molar-refractivity contribution in [1.82, 2.24) is 9.88 Å². The maximum absolute atomic E-state index is 12.3. The molecule has 1 heterocycles. The molecule has 0 bridgehead atoms. The molecule has 23 heavy (non-hydrogen) atoms. The Hall–Kier alpha value is -2.13. The molecule has 2 N–H and O–H groups in total. The van der Waals surface area contributed by atoms with Gasteiger partial charge in [0.05, 0.1) is 5.60 Å². The van der Waals surface area contributed by atoms with E-state index in [4.69, 9.17) is 5.26 Å². The van der Waals surface area contributed by atoms with Crippen LogP contribution in [0.4, 0.5) is 0 Å². The topological polar surface area (TPSA) is 97.2 Å². The molecule has 0 radical (unpaired) electrons. The van der Waals surface area contributed by atoms with Crippen LogP contribution in [0.15, 0.2) is 4.79 Å². The molecule has 1 aromatic heterocycles. The number of aliphatic hydroxyl groups is 1. The summed E-state index contributed by atoms with van der Waals surface area (Å²) in [7, 11) is 0. The molecule has 0 atom stereocenters. The van der Waals surface area contributed by atoms with Crippen LogP contribution in [-0.2, 0) is 11.2 Å². The van der Waals surface area contributed by atoms with Gasteiger partial charge in [-0.1, -0.05) is 0 Å². The van der Waals surface area contributed by atoms with Crippen LogP contribution in [0.25, 0.3) is 0 Å². The highest BCUT2D eigenvalue weighted by atomic mass is 16.3. The van der Waals surface area contributed by atoms with Crippen molar-refractivity contribution >= 4 is 5.91 Å². The van der Waals surface area contributed by atoms with Gasteiger partial charge in [-0.15, -0.1) is 0 Å². The monoisotopic (exact) mass is 319 g/mol. The predicted molar refractivity (Wildman–Crippen MR) is 88.1 cm³/mol. The summed E-state index contributed by atoms with van der Waals surface area (Å²) in [4.78, 5) is 28.3. The third-order valence-electron chi connectivity index (χ3n) is 3.82. The van der Waals surface area contributed by atoms with Crippen LogP contribution in [0.2, 0.25) is 0 Å². The lowest BCUT2D eigenvalue weighted by Gasteiger charge is -2.28. The van der Waals surface area contributed by atoms with Crippen molar-refractivity contribution in [3.8, 4) is 6.07 Å². The van der Waals surface area contributed by atoms with Crippen LogP contribution in [0.5, 0.6) is 0 Å². The van der Waals surface area contributed by atoms with Gasteiger partial charge in [0, 0.05) is 25.2 Å². The first kappa shape index (κ1) is 18.9. The minimum Gasteiger partial charge on any atom is -0.389 e. The van der Waals surface area contributed by atoms with Gasteiger partial charge in [0.2, 0.25) is 5.91 Å². The lowest BCUT2D eigenvalue weighted by atomic mass is 9.98. The number of aromatic nitrogens is 1. The highest BCUT2D eigenvalue weighted by Crippen LogP contribution is 2.16. The number of hydrogen-bond acceptors (Lipinski definition) is 4. The molecule has 0 aromatic carbocycles. The Kier molecular flexibility index (Phi) is 6.11. The van der Waals surface area contributed by atoms with Gasteiger partial charge in [-0.3, -0.25) is 9.59 Å². The summed E-state index contributed by atoms with van der Waals surface area (Å²) >= 11 is 0. The zero-order valence-corrected chi connectivity index (χ0v) is 14.5. The molecule has 1 rings (SSSR count). The molecule has 0 aliphatic heterocycles. The number of nitrogens with zero attached hydrogens (tertiary/aromatic N) is 2. The van der Waals surface area contributed by atoms with Crippen molar-refractivity contribution in [1.29, 1.82) is 5.26 Å². The second-order valence-electron chi connectivity index (χ2n) is 6.39. The summed E-state index contributed by atoms with van der Waals surface area (Å²) in [6.07, 6.45) is 0.715. The Balaban J connectivity index is 2.92. The smallest absolute Gasteiger partial charge is 0.266 e. The number of likely N-dealkylation sites (N-methyl/N-ethyl adjacent to an activating group) is 1. The van der Waals surface area contributed by atoms with E-state index < -0.39 is 11.2 Å². The van der Waals surface area contributed by atoms with Gasteiger partial charge in [0.15, 0.2) is 0 Å². The van der Waals surface area contributed by atoms with Gasteiger partial charge in [-0.05, 0) is 52.2 Å². The Bertz CT molecular complexity index is 678. The molecular formula is C17H25N3O3. The second-order valence-corrected chi connectivity index (χ2v) is 6.39. The average molecular weight is 319 g/mol. The number of amides is 1. The second kappa shape index (κ2) is 7.42. The molecule has 126 valence electrons. The molecule has 0 saturated carbocycles. The number of carbonyl (C=O) groups is 1. The summed E-state index contributed by atoms with van der Waals surface area (Å²) < 4.78 is 0. The van der Waals surface area contributed by atoms with Crippen molar-refractivity contribution < 1.29 is 9.90 Å². The van der Waals surface area contributed by atoms with Crippen LogP contribution < -0.4 is 5.56 Å². The molecule has 0 aliphatic carbocycles. The number of aromatic amines is 1. The minimum atomic E-state index is -0.941. The third-order valence-corrected chi connectivity index (χ3v) is 3.82. The van der Waals surface area contributed by atoms with Crippen LogP contribution in [-0.4, -0.2) is 39.6 Å². The number of rotatable bonds is 6. The van der Waals surface area contributed by atoms with Gasteiger partial charge in [-0.2, -0.15) is 5.26 Å². The van der Waals surface area contributed by atoms with Crippen molar-refractivity contribution in [3.05, 3.63) is 32.7 Å². The zero-order chi connectivity index (χ0) is 17.8. The van der Waals surface area contributed by atoms with Crippen molar-refractivity contribution in [2.75, 3.05) is 13.1 Å². The number of hydrogen-bond donors (Lipinski definition) is 2. The molecule has 6 nitrogen and oxygen atoms in total. The van der Waals surface area contributed by atoms with E-state index in [0.717, 1.165) is 5.56 Å². The van der Waals surface area contributed by atoms with E-state index in [0.29, 0.717) is 24.2 Å². The number of aryl methyl sites for hydroxylation is 1. The first-order chi connectivity index (χ1) is 10.6. The molecule has 6 heteroatoms. The van der Waals surface area contributed by atoms with E-state index in [1.807, 2.05) is 13.0 Å². The number of pyridine rings is 1. The van der Waals surface area contributed by atoms with Crippen LogP contribution in [0.3, 0.4) is 0 Å². The predicted octanol–water partition coefficient (Wildman–Crippen LogP) is 1.42. The Labute approximate surface area is 136 Å². The van der Waals surface area contributed by atoms with E-state index >= 15 is 0 Å². The zero-order valence-electron chi connectivity index (χ0n) is 14.5. The third kappa shape index (κ3) is 4.93. The lowest BCUT2D eigenvalue weighted by molar-refractivity contribution is -0.133. The quantitative estimate of drug-likeness (QED) is 0.828. The Morgan fingerprint density at radius 3 is 2.48 bits per heavy atom. The number of nitriles is 1. The van der Waals surface area contributed by atoms with Gasteiger partial charge < -0.3 is 15.0 Å². The van der Waals surface area contributed by atoms with Crippen molar-refractivity contribution in [2.24, 2.45) is 0 Å². The van der Waals surface area contributed by atoms with Crippen LogP contribution in [0, 0.1) is 25.2 Å². The molecule has 0 unspecified atom stereocenters. The Morgan fingerprint density at radius 2 is 2.00 bits per heavy atom. The van der Waals surface area contributed by atoms with Crippen LogP contribution in [0.1, 0.15) is 49.6 Å². The summed E-state index contributed by atoms with van der Waals surface area (Å²) in [6.45, 7) is 9.49. The SMILES string of the molecule is CCN(CC(C)(C)O)C(=O)CCc1c(C)[nH]c(=O)c(C#N)c1C. The van der Waals surface area contributed by atoms with Gasteiger partial charge >= 0.3 is 0 Å². The molecule has 0 saturated heterocycles. The van der Waals surface area contributed by atoms with E-state index in [-0.39, 0.29) is 24.4 Å². The van der Waals surface area contributed by atoms with E-state index in [1.54, 1.807) is 32.6 Å². The molecule has 0 aliphatic rings. The van der Waals surface area contributed by atoms with E-state index in [2.05, 4.69) is 4.98 Å². The van der Waals surface area contributed by atoms with Gasteiger partial charge in [0.25, 0.3) is 5.56 Å². The summed E-state index contributed by atoms with van der Waals surface area (Å²) in [6, 6.07) is 1.91. The standard InChI is InChI=1S/C17H25N3O3/c1-6-20(10-17(4,5)23)15(21)8-7-13-11(2)14(9-18)16(22)19-12(13)3/h23H,6-8,10H2,1-5H3,(H,19,22). The van der Waals surface area contributed by atoms with Gasteiger partial charge in [-0.25, -0.2) is 0 Å². The highest BCUT2D eigenvalue weighted by molar-refractivity contribution is 5.76. The Morgan fingerprint density at radius 1 is 1.39 bits per heavy atom. The largest absolute Gasteiger partial charge is 0.389 e.